The van der Waals surface area contributed by atoms with E-state index in [1.54, 1.807) is 60.9 Å². The molecule has 0 amide bonds. The van der Waals surface area contributed by atoms with Gasteiger partial charge in [0.25, 0.3) is 0 Å². The zero-order valence-corrected chi connectivity index (χ0v) is 27.3. The highest BCUT2D eigenvalue weighted by Gasteiger charge is 2.86. The lowest BCUT2D eigenvalue weighted by Crippen LogP contribution is -2.63. The molecule has 266 valence electrons. The van der Waals surface area contributed by atoms with Crippen molar-refractivity contribution in [3.05, 3.63) is 120 Å². The van der Waals surface area contributed by atoms with Crippen molar-refractivity contribution < 1.29 is 52.1 Å². The van der Waals surface area contributed by atoms with E-state index in [1.807, 2.05) is 54.6 Å². The van der Waals surface area contributed by atoms with Crippen molar-refractivity contribution in [2.24, 2.45) is 5.92 Å². The summed E-state index contributed by atoms with van der Waals surface area (Å²) in [4.78, 5) is 0. The molecule has 0 aliphatic heterocycles. The summed E-state index contributed by atoms with van der Waals surface area (Å²) in [6.07, 6.45) is 0.196. The Bertz CT molecular complexity index is 2360. The van der Waals surface area contributed by atoms with Crippen molar-refractivity contribution in [1.29, 1.82) is 0 Å². The monoisotopic (exact) mass is 735 g/mol. The molecule has 0 spiro atoms. The number of benzene rings is 4. The number of aromatic nitrogens is 1. The average Bonchev–Trinajstić information content (AvgIpc) is 3.54. The topological polar surface area (TPSA) is 48.3 Å². The highest BCUT2D eigenvalue weighted by Crippen LogP contribution is 2.59. The lowest BCUT2D eigenvalue weighted by Gasteiger charge is -2.32. The zero-order chi connectivity index (χ0) is 36.9. The summed E-state index contributed by atoms with van der Waals surface area (Å²) < 4.78 is 158. The van der Waals surface area contributed by atoms with Gasteiger partial charge in [-0.25, -0.2) is 0 Å². The Labute approximate surface area is 285 Å². The lowest BCUT2D eigenvalue weighted by molar-refractivity contribution is -0.382. The van der Waals surface area contributed by atoms with Crippen molar-refractivity contribution in [2.45, 2.75) is 48.5 Å². The minimum absolute atomic E-state index is 0.152. The van der Waals surface area contributed by atoms with Gasteiger partial charge < -0.3 is 8.75 Å². The van der Waals surface area contributed by atoms with Crippen molar-refractivity contribution >= 4 is 31.9 Å². The molecule has 4 aromatic carbocycles. The first-order valence-corrected chi connectivity index (χ1v) is 16.9. The van der Waals surface area contributed by atoms with Gasteiger partial charge in [-0.2, -0.15) is 47.9 Å². The van der Waals surface area contributed by atoms with Crippen LogP contribution in [-0.2, 0) is 15.5 Å². The van der Waals surface area contributed by atoms with Gasteiger partial charge in [0.15, 0.2) is 5.75 Å². The number of alkyl halides is 9. The molecule has 2 aliphatic rings. The molecule has 2 aliphatic carbocycles. The highest BCUT2D eigenvalue weighted by atomic mass is 32.2. The SMILES string of the molecule is CC1(C)c2cc(OS(=O)(=O)C(F)(F)C(F)(F)C(F)(F)C(F)(F)F)c3c4ccccc4n(-c4ccc(-c5ccccc5)cc4)c3c2C2C=CC=CC21. The van der Waals surface area contributed by atoms with Crippen molar-refractivity contribution in [1.82, 2.24) is 4.57 Å². The van der Waals surface area contributed by atoms with Crippen molar-refractivity contribution in [3.63, 3.8) is 0 Å². The molecule has 1 heterocycles. The molecule has 0 bridgehead atoms. The first-order valence-electron chi connectivity index (χ1n) is 15.5. The third-order valence-electron chi connectivity index (χ3n) is 9.80. The van der Waals surface area contributed by atoms with Crippen LogP contribution in [0.25, 0.3) is 38.6 Å². The van der Waals surface area contributed by atoms with Gasteiger partial charge in [0.1, 0.15) is 0 Å². The van der Waals surface area contributed by atoms with Gasteiger partial charge in [-0.1, -0.05) is 98.8 Å². The van der Waals surface area contributed by atoms with Crippen LogP contribution in [-0.4, -0.2) is 36.3 Å². The molecule has 7 rings (SSSR count). The standard InChI is InChI=1S/C37H26F9NO3S/c1-33(2)26-14-8-6-12-24(26)30-27(33)20-29(50-51(48,49)37(45,46)35(40,41)34(38,39)36(42,43)44)31-25-13-7-9-15-28(25)47(32(30)31)23-18-16-22(17-19-23)21-10-4-3-5-11-21/h3-20,24,26H,1-2H3. The quantitative estimate of drug-likeness (QED) is 0.124. The molecule has 2 unspecified atom stereocenters. The van der Waals surface area contributed by atoms with E-state index < -0.39 is 44.6 Å². The van der Waals surface area contributed by atoms with E-state index in [2.05, 4.69) is 4.18 Å². The zero-order valence-electron chi connectivity index (χ0n) is 26.5. The lowest BCUT2D eigenvalue weighted by atomic mass is 9.74. The fraction of sp³-hybridized carbons (Fsp3) is 0.243. The first-order chi connectivity index (χ1) is 23.7. The van der Waals surface area contributed by atoms with Crippen molar-refractivity contribution in [2.75, 3.05) is 0 Å². The molecule has 4 nitrogen and oxygen atoms in total. The van der Waals surface area contributed by atoms with Crippen LogP contribution in [0.1, 0.15) is 30.9 Å². The summed E-state index contributed by atoms with van der Waals surface area (Å²) in [5.41, 5.74) is 3.08. The van der Waals surface area contributed by atoms with Gasteiger partial charge in [-0.3, -0.25) is 0 Å². The molecule has 0 saturated heterocycles. The summed E-state index contributed by atoms with van der Waals surface area (Å²) in [5, 5.41) is -6.98. The second kappa shape index (κ2) is 11.1. The molecule has 0 radical (unpaired) electrons. The molecule has 0 fully saturated rings. The van der Waals surface area contributed by atoms with Gasteiger partial charge in [0.2, 0.25) is 0 Å². The number of para-hydroxylation sites is 1. The Morgan fingerprint density at radius 3 is 1.96 bits per heavy atom. The van der Waals surface area contributed by atoms with Gasteiger partial charge in [0.05, 0.1) is 16.4 Å². The molecule has 1 aromatic heterocycles. The molecule has 0 N–H and O–H groups in total. The first kappa shape index (κ1) is 34.7. The predicted molar refractivity (Wildman–Crippen MR) is 174 cm³/mol. The van der Waals surface area contributed by atoms with E-state index in [0.717, 1.165) is 17.2 Å². The normalized spacial score (nSPS) is 19.0. The largest absolute Gasteiger partial charge is 0.460 e. The summed E-state index contributed by atoms with van der Waals surface area (Å²) in [7, 11) is -7.25. The molecular weight excluding hydrogens is 709 g/mol. The molecular formula is C37H26F9NO3S. The van der Waals surface area contributed by atoms with Crippen LogP contribution in [0.3, 0.4) is 0 Å². The number of rotatable bonds is 7. The Kier molecular flexibility index (Phi) is 7.58. The second-order valence-corrected chi connectivity index (χ2v) is 14.7. The third kappa shape index (κ3) is 4.85. The maximum absolute atomic E-state index is 15.1. The fourth-order valence-corrected chi connectivity index (χ4v) is 8.15. The van der Waals surface area contributed by atoms with Gasteiger partial charge in [-0.05, 0) is 57.9 Å². The molecule has 14 heteroatoms. The number of nitrogens with zero attached hydrogens (tertiary/aromatic N) is 1. The van der Waals surface area contributed by atoms with Gasteiger partial charge >= 0.3 is 33.4 Å². The molecule has 2 atom stereocenters. The average molecular weight is 736 g/mol. The van der Waals surface area contributed by atoms with Gasteiger partial charge in [0, 0.05) is 17.0 Å². The number of hydrogen-bond acceptors (Lipinski definition) is 3. The number of halogens is 9. The van der Waals surface area contributed by atoms with Crippen LogP contribution < -0.4 is 4.18 Å². The van der Waals surface area contributed by atoms with E-state index >= 15 is 8.78 Å². The minimum Gasteiger partial charge on any atom is -0.377 e. The maximum atomic E-state index is 15.1. The Hall–Kier alpha value is -4.72. The van der Waals surface area contributed by atoms with E-state index in [4.69, 9.17) is 0 Å². The number of hydrogen-bond donors (Lipinski definition) is 0. The predicted octanol–water partition coefficient (Wildman–Crippen LogP) is 10.7. The van der Waals surface area contributed by atoms with Crippen LogP contribution in [0, 0.1) is 5.92 Å². The van der Waals surface area contributed by atoms with Crippen LogP contribution in [0.5, 0.6) is 5.75 Å². The molecule has 5 aromatic rings. The summed E-state index contributed by atoms with van der Waals surface area (Å²) in [6, 6.07) is 24.0. The van der Waals surface area contributed by atoms with Crippen molar-refractivity contribution in [3.8, 4) is 22.6 Å². The number of fused-ring (bicyclic) bond motifs is 7. The molecule has 51 heavy (non-hydrogen) atoms. The van der Waals surface area contributed by atoms with E-state index in [-0.39, 0.29) is 28.1 Å². The Balaban J connectivity index is 1.51. The second-order valence-electron chi connectivity index (χ2n) is 13.1. The summed E-state index contributed by atoms with van der Waals surface area (Å²) in [6.45, 7) is 3.58. The summed E-state index contributed by atoms with van der Waals surface area (Å²) in [5.74, 6) is -16.5. The van der Waals surface area contributed by atoms with Crippen LogP contribution in [0.15, 0.2) is 109 Å². The van der Waals surface area contributed by atoms with Gasteiger partial charge in [-0.15, -0.1) is 0 Å². The number of allylic oxidation sites excluding steroid dienone is 4. The molecule has 0 saturated carbocycles. The van der Waals surface area contributed by atoms with E-state index in [9.17, 15) is 39.2 Å². The Morgan fingerprint density at radius 1 is 0.725 bits per heavy atom. The van der Waals surface area contributed by atoms with E-state index in [1.165, 1.54) is 6.07 Å². The highest BCUT2D eigenvalue weighted by molar-refractivity contribution is 7.88. The van der Waals surface area contributed by atoms with Crippen LogP contribution >= 0.6 is 0 Å². The smallest absolute Gasteiger partial charge is 0.377 e. The maximum Gasteiger partial charge on any atom is 0.460 e. The fourth-order valence-electron chi connectivity index (χ4n) is 7.23. The summed E-state index contributed by atoms with van der Waals surface area (Å²) >= 11 is 0. The van der Waals surface area contributed by atoms with Crippen LogP contribution in [0.4, 0.5) is 39.5 Å². The Morgan fingerprint density at radius 2 is 1.31 bits per heavy atom. The van der Waals surface area contributed by atoms with Crippen LogP contribution in [0.2, 0.25) is 0 Å². The van der Waals surface area contributed by atoms with E-state index in [0.29, 0.717) is 22.3 Å². The third-order valence-corrected chi connectivity index (χ3v) is 11.1. The minimum atomic E-state index is -7.45.